The molecule has 0 unspecified atom stereocenters. The molecule has 3 nitrogen and oxygen atoms in total. The van der Waals surface area contributed by atoms with E-state index < -0.39 is 0 Å². The van der Waals surface area contributed by atoms with Crippen LogP contribution in [-0.4, -0.2) is 19.7 Å². The maximum atomic E-state index is 12.3. The van der Waals surface area contributed by atoms with Crippen LogP contribution in [0.15, 0.2) is 65.2 Å². The minimum atomic E-state index is -0.323. The van der Waals surface area contributed by atoms with Gasteiger partial charge in [0.25, 0.3) is 0 Å². The average Bonchev–Trinajstić information content (AvgIpc) is 2.70. The molecule has 2 aromatic rings. The fourth-order valence-electron chi connectivity index (χ4n) is 3.55. The molecule has 0 radical (unpaired) electrons. The van der Waals surface area contributed by atoms with Gasteiger partial charge >= 0.3 is 5.97 Å². The predicted octanol–water partition coefficient (Wildman–Crippen LogP) is 6.14. The zero-order valence-electron chi connectivity index (χ0n) is 15.6. The standard InChI is InChI=1S/C23H25BrO3/c1-26-16-2-3-17-4-6-18(7-5-17)19-8-10-20(11-9-19)23(25)27-22-14-12-21(24)13-15-22/h2-3,8-15,17-18H,4-7,16H2,1H3/t17-,18-. The normalized spacial score (nSPS) is 19.9. The number of ether oxygens (including phenoxy) is 2. The first kappa shape index (κ1) is 19.8. The molecule has 0 aromatic heterocycles. The van der Waals surface area contributed by atoms with Crippen molar-refractivity contribution >= 4 is 21.9 Å². The molecule has 0 spiro atoms. The SMILES string of the molecule is COCC=C[C@H]1CC[C@H](c2ccc(C(=O)Oc3ccc(Br)cc3)cc2)CC1. The highest BCUT2D eigenvalue weighted by molar-refractivity contribution is 9.10. The van der Waals surface area contributed by atoms with Crippen LogP contribution in [0, 0.1) is 5.92 Å². The quantitative estimate of drug-likeness (QED) is 0.314. The van der Waals surface area contributed by atoms with E-state index in [0.29, 0.717) is 29.8 Å². The van der Waals surface area contributed by atoms with Gasteiger partial charge in [-0.25, -0.2) is 4.79 Å². The lowest BCUT2D eigenvalue weighted by Crippen LogP contribution is -2.12. The van der Waals surface area contributed by atoms with Gasteiger partial charge in [0.05, 0.1) is 12.2 Å². The number of esters is 1. The summed E-state index contributed by atoms with van der Waals surface area (Å²) >= 11 is 3.37. The van der Waals surface area contributed by atoms with Crippen LogP contribution in [0.5, 0.6) is 5.75 Å². The van der Waals surface area contributed by atoms with Crippen molar-refractivity contribution in [1.29, 1.82) is 0 Å². The van der Waals surface area contributed by atoms with Crippen LogP contribution in [0.2, 0.25) is 0 Å². The van der Waals surface area contributed by atoms with Crippen LogP contribution in [0.3, 0.4) is 0 Å². The van der Waals surface area contributed by atoms with Gasteiger partial charge in [-0.2, -0.15) is 0 Å². The fourth-order valence-corrected chi connectivity index (χ4v) is 3.81. The van der Waals surface area contributed by atoms with Gasteiger partial charge in [-0.05, 0) is 79.5 Å². The van der Waals surface area contributed by atoms with E-state index in [1.54, 1.807) is 19.2 Å². The van der Waals surface area contributed by atoms with Gasteiger partial charge in [0.2, 0.25) is 0 Å². The van der Waals surface area contributed by atoms with Gasteiger partial charge in [-0.3, -0.25) is 0 Å². The van der Waals surface area contributed by atoms with Crippen molar-refractivity contribution in [2.24, 2.45) is 5.92 Å². The third-order valence-electron chi connectivity index (χ3n) is 5.08. The predicted molar refractivity (Wildman–Crippen MR) is 111 cm³/mol. The zero-order valence-corrected chi connectivity index (χ0v) is 17.2. The van der Waals surface area contributed by atoms with Crippen molar-refractivity contribution in [3.63, 3.8) is 0 Å². The maximum Gasteiger partial charge on any atom is 0.343 e. The topological polar surface area (TPSA) is 35.5 Å². The molecule has 0 amide bonds. The van der Waals surface area contributed by atoms with Crippen molar-refractivity contribution in [3.8, 4) is 5.75 Å². The third kappa shape index (κ3) is 5.78. The van der Waals surface area contributed by atoms with Gasteiger partial charge in [0.1, 0.15) is 5.75 Å². The van der Waals surface area contributed by atoms with Crippen LogP contribution in [0.1, 0.15) is 47.5 Å². The van der Waals surface area contributed by atoms with Gasteiger partial charge in [0, 0.05) is 11.6 Å². The number of halogens is 1. The fraction of sp³-hybridized carbons (Fsp3) is 0.348. The summed E-state index contributed by atoms with van der Waals surface area (Å²) in [5.74, 6) is 1.47. The van der Waals surface area contributed by atoms with E-state index in [4.69, 9.17) is 9.47 Å². The first-order chi connectivity index (χ1) is 13.2. The van der Waals surface area contributed by atoms with Crippen molar-refractivity contribution in [2.45, 2.75) is 31.6 Å². The van der Waals surface area contributed by atoms with E-state index in [1.807, 2.05) is 24.3 Å². The monoisotopic (exact) mass is 428 g/mol. The highest BCUT2D eigenvalue weighted by atomic mass is 79.9. The maximum absolute atomic E-state index is 12.3. The number of benzene rings is 2. The van der Waals surface area contributed by atoms with Crippen LogP contribution in [0.4, 0.5) is 0 Å². The van der Waals surface area contributed by atoms with Gasteiger partial charge < -0.3 is 9.47 Å². The molecule has 2 aromatic carbocycles. The highest BCUT2D eigenvalue weighted by Gasteiger charge is 2.21. The summed E-state index contributed by atoms with van der Waals surface area (Å²) in [7, 11) is 1.72. The number of allylic oxidation sites excluding steroid dienone is 1. The molecule has 4 heteroatoms. The van der Waals surface area contributed by atoms with Gasteiger partial charge in [-0.15, -0.1) is 0 Å². The molecule has 3 rings (SSSR count). The van der Waals surface area contributed by atoms with Crippen molar-refractivity contribution in [1.82, 2.24) is 0 Å². The molecule has 1 aliphatic rings. The van der Waals surface area contributed by atoms with E-state index in [0.717, 1.165) is 4.47 Å². The van der Waals surface area contributed by atoms with Gasteiger partial charge in [0.15, 0.2) is 0 Å². The first-order valence-corrected chi connectivity index (χ1v) is 10.2. The van der Waals surface area contributed by atoms with E-state index in [1.165, 1.54) is 31.2 Å². The number of methoxy groups -OCH3 is 1. The molecule has 0 bridgehead atoms. The summed E-state index contributed by atoms with van der Waals surface area (Å²) in [5, 5.41) is 0. The molecule has 142 valence electrons. The second-order valence-electron chi connectivity index (χ2n) is 6.96. The number of hydrogen-bond acceptors (Lipinski definition) is 3. The summed E-state index contributed by atoms with van der Waals surface area (Å²) < 4.78 is 11.4. The first-order valence-electron chi connectivity index (χ1n) is 9.39. The summed E-state index contributed by atoms with van der Waals surface area (Å²) in [5.41, 5.74) is 1.90. The molecule has 0 aliphatic heterocycles. The molecular weight excluding hydrogens is 404 g/mol. The summed E-state index contributed by atoms with van der Waals surface area (Å²) in [6.07, 6.45) is 9.20. The Morgan fingerprint density at radius 3 is 2.33 bits per heavy atom. The Labute approximate surface area is 169 Å². The largest absolute Gasteiger partial charge is 0.423 e. The summed E-state index contributed by atoms with van der Waals surface area (Å²) in [6, 6.07) is 15.2. The molecule has 0 heterocycles. The Morgan fingerprint density at radius 1 is 1.04 bits per heavy atom. The van der Waals surface area contributed by atoms with Crippen LogP contribution in [0.25, 0.3) is 0 Å². The molecule has 0 N–H and O–H groups in total. The molecule has 0 atom stereocenters. The number of hydrogen-bond donors (Lipinski definition) is 0. The molecule has 1 saturated carbocycles. The Bertz CT molecular complexity index is 757. The minimum absolute atomic E-state index is 0.323. The second-order valence-corrected chi connectivity index (χ2v) is 7.88. The highest BCUT2D eigenvalue weighted by Crippen LogP contribution is 2.36. The van der Waals surface area contributed by atoms with E-state index in [2.05, 4.69) is 40.2 Å². The van der Waals surface area contributed by atoms with E-state index in [-0.39, 0.29) is 5.97 Å². The average molecular weight is 429 g/mol. The smallest absolute Gasteiger partial charge is 0.343 e. The van der Waals surface area contributed by atoms with E-state index >= 15 is 0 Å². The Balaban J connectivity index is 1.54. The van der Waals surface area contributed by atoms with Crippen LogP contribution in [-0.2, 0) is 4.74 Å². The molecule has 1 aliphatic carbocycles. The van der Waals surface area contributed by atoms with Crippen molar-refractivity contribution in [3.05, 3.63) is 76.3 Å². The van der Waals surface area contributed by atoms with Crippen molar-refractivity contribution < 1.29 is 14.3 Å². The Morgan fingerprint density at radius 2 is 1.70 bits per heavy atom. The minimum Gasteiger partial charge on any atom is -0.423 e. The summed E-state index contributed by atoms with van der Waals surface area (Å²) in [4.78, 5) is 12.3. The number of rotatable bonds is 6. The number of carbonyl (C=O) groups excluding carboxylic acids is 1. The molecule has 0 saturated heterocycles. The van der Waals surface area contributed by atoms with Gasteiger partial charge in [-0.1, -0.05) is 40.2 Å². The third-order valence-corrected chi connectivity index (χ3v) is 5.61. The molecular formula is C23H25BrO3. The number of carbonyl (C=O) groups is 1. The molecule has 27 heavy (non-hydrogen) atoms. The second kappa shape index (κ2) is 9.86. The lowest BCUT2D eigenvalue weighted by atomic mass is 9.78. The van der Waals surface area contributed by atoms with Crippen LogP contribution >= 0.6 is 15.9 Å². The lowest BCUT2D eigenvalue weighted by Gasteiger charge is -2.27. The zero-order chi connectivity index (χ0) is 19.1. The lowest BCUT2D eigenvalue weighted by molar-refractivity contribution is 0.0734. The van der Waals surface area contributed by atoms with Crippen LogP contribution < -0.4 is 4.74 Å². The van der Waals surface area contributed by atoms with Crippen molar-refractivity contribution in [2.75, 3.05) is 13.7 Å². The van der Waals surface area contributed by atoms with E-state index in [9.17, 15) is 4.79 Å². The Hall–Kier alpha value is -1.91. The molecule has 1 fully saturated rings. The Kier molecular flexibility index (Phi) is 7.25. The summed E-state index contributed by atoms with van der Waals surface area (Å²) in [6.45, 7) is 0.692.